The summed E-state index contributed by atoms with van der Waals surface area (Å²) in [6.45, 7) is 12.4. The lowest BCUT2D eigenvalue weighted by molar-refractivity contribution is -0.133. The molecule has 0 aromatic rings. The van der Waals surface area contributed by atoms with E-state index in [4.69, 9.17) is 4.74 Å². The standard InChI is InChI=1S/C27H41N3O4/c1-20(11-12-23-22(3)10-7-13-27(23,4)5)8-6-9-21(2)18-25(32)28-24(19-31)26(33)29-30-14-16-34-17-15-30/h6,8-9,11-12,18,24,31H,7,10,13-17,19H2,1-5H3,(H,28,32)(H,29,33). The third-order valence-electron chi connectivity index (χ3n) is 6.23. The number of amides is 2. The van der Waals surface area contributed by atoms with Crippen LogP contribution in [0.5, 0.6) is 0 Å². The van der Waals surface area contributed by atoms with Crippen molar-refractivity contribution in [2.75, 3.05) is 32.9 Å². The van der Waals surface area contributed by atoms with E-state index in [1.165, 1.54) is 36.5 Å². The fourth-order valence-corrected chi connectivity index (χ4v) is 4.20. The molecule has 0 saturated carbocycles. The Morgan fingerprint density at radius 2 is 1.88 bits per heavy atom. The molecule has 3 N–H and O–H groups in total. The molecule has 7 heteroatoms. The number of hydrogen-bond donors (Lipinski definition) is 3. The highest BCUT2D eigenvalue weighted by Gasteiger charge is 2.26. The van der Waals surface area contributed by atoms with Gasteiger partial charge in [0.15, 0.2) is 0 Å². The maximum absolute atomic E-state index is 12.3. The van der Waals surface area contributed by atoms with E-state index >= 15 is 0 Å². The molecule has 1 fully saturated rings. The zero-order valence-electron chi connectivity index (χ0n) is 21.3. The summed E-state index contributed by atoms with van der Waals surface area (Å²) >= 11 is 0. The van der Waals surface area contributed by atoms with Gasteiger partial charge in [-0.2, -0.15) is 0 Å². The third-order valence-corrected chi connectivity index (χ3v) is 6.23. The van der Waals surface area contributed by atoms with Crippen molar-refractivity contribution in [3.8, 4) is 0 Å². The van der Waals surface area contributed by atoms with Crippen LogP contribution in [0.25, 0.3) is 0 Å². The van der Waals surface area contributed by atoms with E-state index in [-0.39, 0.29) is 5.41 Å². The smallest absolute Gasteiger partial charge is 0.259 e. The Labute approximate surface area is 204 Å². The molecular weight excluding hydrogens is 430 g/mol. The summed E-state index contributed by atoms with van der Waals surface area (Å²) in [6.07, 6.45) is 15.2. The van der Waals surface area contributed by atoms with Crippen LogP contribution >= 0.6 is 0 Å². The van der Waals surface area contributed by atoms with Gasteiger partial charge in [0.05, 0.1) is 19.8 Å². The number of ether oxygens (including phenoxy) is 1. The van der Waals surface area contributed by atoms with Crippen molar-refractivity contribution in [1.82, 2.24) is 15.8 Å². The van der Waals surface area contributed by atoms with Crippen molar-refractivity contribution in [2.24, 2.45) is 5.41 Å². The van der Waals surface area contributed by atoms with E-state index in [0.717, 1.165) is 11.1 Å². The molecule has 0 bridgehead atoms. The van der Waals surface area contributed by atoms with Gasteiger partial charge >= 0.3 is 0 Å². The molecule has 34 heavy (non-hydrogen) atoms. The number of nitrogens with zero attached hydrogens (tertiary/aromatic N) is 1. The largest absolute Gasteiger partial charge is 0.394 e. The zero-order valence-corrected chi connectivity index (χ0v) is 21.3. The predicted octanol–water partition coefficient (Wildman–Crippen LogP) is 3.36. The van der Waals surface area contributed by atoms with Gasteiger partial charge < -0.3 is 15.2 Å². The van der Waals surface area contributed by atoms with Gasteiger partial charge in [0.1, 0.15) is 6.04 Å². The summed E-state index contributed by atoms with van der Waals surface area (Å²) in [5, 5.41) is 13.8. The fourth-order valence-electron chi connectivity index (χ4n) is 4.20. The Balaban J connectivity index is 1.89. The maximum atomic E-state index is 12.3. The van der Waals surface area contributed by atoms with Crippen LogP contribution < -0.4 is 10.7 Å². The van der Waals surface area contributed by atoms with Crippen molar-refractivity contribution >= 4 is 11.8 Å². The summed E-state index contributed by atoms with van der Waals surface area (Å²) in [4.78, 5) is 24.6. The van der Waals surface area contributed by atoms with Gasteiger partial charge in [-0.3, -0.25) is 15.0 Å². The molecule has 2 aliphatic rings. The highest BCUT2D eigenvalue weighted by Crippen LogP contribution is 2.40. The van der Waals surface area contributed by atoms with Crippen LogP contribution in [-0.4, -0.2) is 60.9 Å². The lowest BCUT2D eigenvalue weighted by Gasteiger charge is -2.32. The van der Waals surface area contributed by atoms with Crippen LogP contribution in [0.15, 0.2) is 58.7 Å². The highest BCUT2D eigenvalue weighted by atomic mass is 16.5. The van der Waals surface area contributed by atoms with E-state index < -0.39 is 24.5 Å². The fraction of sp³-hybridized carbons (Fsp3) is 0.556. The average Bonchev–Trinajstić information content (AvgIpc) is 2.77. The van der Waals surface area contributed by atoms with Gasteiger partial charge in [-0.05, 0) is 56.6 Å². The summed E-state index contributed by atoms with van der Waals surface area (Å²) in [7, 11) is 0. The summed E-state index contributed by atoms with van der Waals surface area (Å²) in [6, 6.07) is -1.02. The first-order valence-corrected chi connectivity index (χ1v) is 12.1. The molecule has 1 unspecified atom stereocenters. The first kappa shape index (κ1) is 27.8. The Hall–Kier alpha value is -2.48. The maximum Gasteiger partial charge on any atom is 0.259 e. The van der Waals surface area contributed by atoms with Gasteiger partial charge in [-0.25, -0.2) is 5.01 Å². The van der Waals surface area contributed by atoms with Crippen LogP contribution in [0.1, 0.15) is 53.9 Å². The molecule has 0 radical (unpaired) electrons. The minimum absolute atomic E-state index is 0.215. The number of rotatable bonds is 9. The molecule has 2 amide bonds. The number of allylic oxidation sites excluding steroid dienone is 9. The van der Waals surface area contributed by atoms with Crippen molar-refractivity contribution in [2.45, 2.75) is 59.9 Å². The molecule has 0 aromatic carbocycles. The molecule has 1 aliphatic carbocycles. The molecule has 2 rings (SSSR count). The monoisotopic (exact) mass is 471 g/mol. The Morgan fingerprint density at radius 3 is 2.53 bits per heavy atom. The van der Waals surface area contributed by atoms with E-state index in [9.17, 15) is 14.7 Å². The molecular formula is C27H41N3O4. The van der Waals surface area contributed by atoms with Gasteiger partial charge in [0, 0.05) is 19.2 Å². The first-order chi connectivity index (χ1) is 16.1. The minimum Gasteiger partial charge on any atom is -0.394 e. The summed E-state index contributed by atoms with van der Waals surface area (Å²) < 4.78 is 5.24. The van der Waals surface area contributed by atoms with Gasteiger partial charge in [0.2, 0.25) is 5.91 Å². The van der Waals surface area contributed by atoms with Gasteiger partial charge in [-0.1, -0.05) is 55.4 Å². The van der Waals surface area contributed by atoms with Crippen molar-refractivity contribution in [3.63, 3.8) is 0 Å². The SMILES string of the molecule is CC(C=CC1=C(C)CCCC1(C)C)=CC=CC(C)=CC(=O)NC(CO)C(=O)NN1CCOCC1. The van der Waals surface area contributed by atoms with Crippen LogP contribution in [0.2, 0.25) is 0 Å². The Bertz CT molecular complexity index is 874. The number of nitrogens with one attached hydrogen (secondary N) is 2. The second kappa shape index (κ2) is 13.4. The van der Waals surface area contributed by atoms with E-state index in [1.807, 2.05) is 25.2 Å². The Morgan fingerprint density at radius 1 is 1.18 bits per heavy atom. The second-order valence-corrected chi connectivity index (χ2v) is 9.74. The molecule has 1 aliphatic heterocycles. The average molecular weight is 472 g/mol. The predicted molar refractivity (Wildman–Crippen MR) is 136 cm³/mol. The molecule has 1 saturated heterocycles. The third kappa shape index (κ3) is 9.05. The molecule has 188 valence electrons. The molecule has 1 atom stereocenters. The van der Waals surface area contributed by atoms with Gasteiger partial charge in [-0.15, -0.1) is 0 Å². The van der Waals surface area contributed by atoms with E-state index in [0.29, 0.717) is 26.3 Å². The normalized spacial score (nSPS) is 21.2. The van der Waals surface area contributed by atoms with Crippen molar-refractivity contribution in [3.05, 3.63) is 58.7 Å². The lowest BCUT2D eigenvalue weighted by atomic mass is 9.72. The second-order valence-electron chi connectivity index (χ2n) is 9.74. The van der Waals surface area contributed by atoms with E-state index in [2.05, 4.69) is 50.6 Å². The molecule has 0 spiro atoms. The zero-order chi connectivity index (χ0) is 25.1. The molecule has 0 aromatic heterocycles. The summed E-state index contributed by atoms with van der Waals surface area (Å²) in [5.41, 5.74) is 7.68. The van der Waals surface area contributed by atoms with Crippen LogP contribution in [0.3, 0.4) is 0 Å². The number of hydrazine groups is 1. The number of aliphatic hydroxyl groups excluding tert-OH is 1. The van der Waals surface area contributed by atoms with Crippen molar-refractivity contribution < 1.29 is 19.4 Å². The van der Waals surface area contributed by atoms with Crippen LogP contribution in [0, 0.1) is 5.41 Å². The number of hydrogen-bond acceptors (Lipinski definition) is 5. The summed E-state index contributed by atoms with van der Waals surface area (Å²) in [5.74, 6) is -0.878. The topological polar surface area (TPSA) is 90.9 Å². The van der Waals surface area contributed by atoms with Crippen LogP contribution in [-0.2, 0) is 14.3 Å². The minimum atomic E-state index is -1.02. The van der Waals surface area contributed by atoms with Crippen molar-refractivity contribution in [1.29, 1.82) is 0 Å². The van der Waals surface area contributed by atoms with Gasteiger partial charge in [0.25, 0.3) is 5.91 Å². The Kier molecular flexibility index (Phi) is 11.0. The lowest BCUT2D eigenvalue weighted by Crippen LogP contribution is -2.56. The number of morpholine rings is 1. The molecule has 1 heterocycles. The molecule has 7 nitrogen and oxygen atoms in total. The highest BCUT2D eigenvalue weighted by molar-refractivity contribution is 5.93. The van der Waals surface area contributed by atoms with Crippen LogP contribution in [0.4, 0.5) is 0 Å². The van der Waals surface area contributed by atoms with E-state index in [1.54, 1.807) is 5.01 Å². The number of aliphatic hydroxyl groups is 1. The number of carbonyl (C=O) groups is 2. The quantitative estimate of drug-likeness (QED) is 0.354. The first-order valence-electron chi connectivity index (χ1n) is 12.1. The number of carbonyl (C=O) groups excluding carboxylic acids is 2.